The van der Waals surface area contributed by atoms with E-state index >= 15 is 4.39 Å². The zero-order valence-corrected chi connectivity index (χ0v) is 22.5. The number of pyridine rings is 1. The summed E-state index contributed by atoms with van der Waals surface area (Å²) < 4.78 is 24.1. The number of furan rings is 1. The Morgan fingerprint density at radius 1 is 0.737 bits per heavy atom. The predicted molar refractivity (Wildman–Crippen MR) is 155 cm³/mol. The van der Waals surface area contributed by atoms with Crippen molar-refractivity contribution in [2.45, 2.75) is 33.1 Å². The van der Waals surface area contributed by atoms with Gasteiger partial charge in [-0.1, -0.05) is 81.4 Å². The minimum atomic E-state index is -0.255. The van der Waals surface area contributed by atoms with Gasteiger partial charge in [-0.3, -0.25) is 0 Å². The first-order chi connectivity index (χ1) is 18.2. The normalized spacial score (nSPS) is 11.9. The summed E-state index contributed by atoms with van der Waals surface area (Å²) in [5, 5.41) is 1.71. The first-order valence-electron chi connectivity index (χ1n) is 13.0. The minimum absolute atomic E-state index is 0.0807. The van der Waals surface area contributed by atoms with Crippen LogP contribution in [0.1, 0.15) is 31.9 Å². The SMILES string of the molecule is Cc1ccc2c(oc3cc(-c4ccc(-c5cccc(C(C)(C)C)c5)cc4)c(F)cc32)c1-c1cccc[n+]1C. The second kappa shape index (κ2) is 8.95. The van der Waals surface area contributed by atoms with Crippen molar-refractivity contribution < 1.29 is 13.4 Å². The van der Waals surface area contributed by atoms with E-state index in [0.717, 1.165) is 49.9 Å². The van der Waals surface area contributed by atoms with Gasteiger partial charge in [-0.15, -0.1) is 0 Å². The molecule has 2 nitrogen and oxygen atoms in total. The van der Waals surface area contributed by atoms with Crippen LogP contribution in [-0.2, 0) is 12.5 Å². The number of rotatable bonds is 3. The lowest BCUT2D eigenvalue weighted by Crippen LogP contribution is -2.30. The number of halogens is 1. The zero-order chi connectivity index (χ0) is 26.6. The molecule has 188 valence electrons. The van der Waals surface area contributed by atoms with Crippen LogP contribution in [0.3, 0.4) is 0 Å². The summed E-state index contributed by atoms with van der Waals surface area (Å²) in [5.74, 6) is -0.255. The summed E-state index contributed by atoms with van der Waals surface area (Å²) in [6.07, 6.45) is 2.02. The molecule has 0 saturated carbocycles. The Balaban J connectivity index is 1.44. The maximum Gasteiger partial charge on any atom is 0.216 e. The van der Waals surface area contributed by atoms with E-state index in [1.54, 1.807) is 6.07 Å². The minimum Gasteiger partial charge on any atom is -0.455 e. The van der Waals surface area contributed by atoms with Crippen molar-refractivity contribution in [1.29, 1.82) is 0 Å². The molecule has 0 N–H and O–H groups in total. The second-order valence-corrected chi connectivity index (χ2v) is 11.2. The number of benzene rings is 4. The van der Waals surface area contributed by atoms with Gasteiger partial charge in [-0.2, -0.15) is 0 Å². The molecule has 6 aromatic rings. The molecule has 0 aliphatic rings. The molecule has 0 atom stereocenters. The van der Waals surface area contributed by atoms with Crippen molar-refractivity contribution in [2.24, 2.45) is 7.05 Å². The van der Waals surface area contributed by atoms with E-state index in [1.807, 2.05) is 49.6 Å². The van der Waals surface area contributed by atoms with E-state index in [9.17, 15) is 0 Å². The highest BCUT2D eigenvalue weighted by Gasteiger charge is 2.21. The molecule has 2 aromatic heterocycles. The first-order valence-corrected chi connectivity index (χ1v) is 13.0. The number of aromatic nitrogens is 1. The standard InChI is InChI=1S/C35H31FNO/c1-22-12-17-27-29-20-30(36)28(21-32(29)38-34(27)33(22)31-11-6-7-18-37(31)5)24-15-13-23(14-16-24)25-9-8-10-26(19-25)35(2,3)4/h6-21H,1-5H3/q+1. The first kappa shape index (κ1) is 24.1. The van der Waals surface area contributed by atoms with E-state index < -0.39 is 0 Å². The van der Waals surface area contributed by atoms with Crippen molar-refractivity contribution in [3.05, 3.63) is 114 Å². The van der Waals surface area contributed by atoms with Crippen LogP contribution in [0.15, 0.2) is 102 Å². The van der Waals surface area contributed by atoms with Crippen molar-refractivity contribution in [3.63, 3.8) is 0 Å². The molecule has 0 fully saturated rings. The molecule has 0 unspecified atom stereocenters. The van der Waals surface area contributed by atoms with Crippen LogP contribution < -0.4 is 4.57 Å². The molecule has 2 heterocycles. The zero-order valence-electron chi connectivity index (χ0n) is 22.5. The van der Waals surface area contributed by atoms with Gasteiger partial charge in [0.05, 0.1) is 5.56 Å². The number of hydrogen-bond donors (Lipinski definition) is 0. The van der Waals surface area contributed by atoms with E-state index in [4.69, 9.17) is 4.42 Å². The molecule has 0 aliphatic heterocycles. The van der Waals surface area contributed by atoms with Gasteiger partial charge < -0.3 is 4.42 Å². The van der Waals surface area contributed by atoms with Crippen LogP contribution in [0.25, 0.3) is 55.4 Å². The monoisotopic (exact) mass is 500 g/mol. The lowest BCUT2D eigenvalue weighted by Gasteiger charge is -2.20. The summed E-state index contributed by atoms with van der Waals surface area (Å²) in [6, 6.07) is 30.4. The Bertz CT molecular complexity index is 1820. The Kier molecular flexibility index (Phi) is 5.68. The third-order valence-electron chi connectivity index (χ3n) is 7.51. The van der Waals surface area contributed by atoms with E-state index in [-0.39, 0.29) is 11.2 Å². The highest BCUT2D eigenvalue weighted by molar-refractivity contribution is 6.10. The molecule has 0 saturated heterocycles. The Hall–Kier alpha value is -4.24. The third kappa shape index (κ3) is 4.09. The van der Waals surface area contributed by atoms with Crippen molar-refractivity contribution in [1.82, 2.24) is 0 Å². The topological polar surface area (TPSA) is 17.0 Å². The summed E-state index contributed by atoms with van der Waals surface area (Å²) >= 11 is 0. The fourth-order valence-electron chi connectivity index (χ4n) is 5.29. The van der Waals surface area contributed by atoms with Gasteiger partial charge in [-0.05, 0) is 58.4 Å². The van der Waals surface area contributed by atoms with Gasteiger partial charge in [0.2, 0.25) is 5.69 Å². The molecular formula is C35H31FNO+. The van der Waals surface area contributed by atoms with Crippen LogP contribution in [-0.4, -0.2) is 0 Å². The van der Waals surface area contributed by atoms with Crippen LogP contribution >= 0.6 is 0 Å². The van der Waals surface area contributed by atoms with Crippen LogP contribution in [0, 0.1) is 12.7 Å². The maximum atomic E-state index is 15.5. The lowest BCUT2D eigenvalue weighted by molar-refractivity contribution is -0.660. The van der Waals surface area contributed by atoms with Crippen molar-refractivity contribution in [2.75, 3.05) is 0 Å². The molecule has 6 rings (SSSR count). The molecule has 0 bridgehead atoms. The van der Waals surface area contributed by atoms with E-state index in [0.29, 0.717) is 11.1 Å². The molecule has 0 spiro atoms. The quantitative estimate of drug-likeness (QED) is 0.221. The van der Waals surface area contributed by atoms with Gasteiger partial charge >= 0.3 is 0 Å². The molecule has 3 heteroatoms. The largest absolute Gasteiger partial charge is 0.455 e. The van der Waals surface area contributed by atoms with Crippen molar-refractivity contribution in [3.8, 4) is 33.5 Å². The van der Waals surface area contributed by atoms with Gasteiger partial charge in [0.25, 0.3) is 0 Å². The third-order valence-corrected chi connectivity index (χ3v) is 7.51. The molecule has 0 radical (unpaired) electrons. The molecule has 0 aliphatic carbocycles. The molecular weight excluding hydrogens is 469 g/mol. The predicted octanol–water partition coefficient (Wildman–Crippen LogP) is 9.16. The van der Waals surface area contributed by atoms with E-state index in [2.05, 4.69) is 80.8 Å². The smallest absolute Gasteiger partial charge is 0.216 e. The summed E-state index contributed by atoms with van der Waals surface area (Å²) in [5.41, 5.74) is 9.68. The number of hydrogen-bond acceptors (Lipinski definition) is 1. The maximum absolute atomic E-state index is 15.5. The highest BCUT2D eigenvalue weighted by Crippen LogP contribution is 2.39. The number of nitrogens with zero attached hydrogens (tertiary/aromatic N) is 1. The van der Waals surface area contributed by atoms with E-state index in [1.165, 1.54) is 5.56 Å². The van der Waals surface area contributed by atoms with Crippen LogP contribution in [0.2, 0.25) is 0 Å². The Morgan fingerprint density at radius 3 is 2.24 bits per heavy atom. The average Bonchev–Trinajstić information content (AvgIpc) is 3.26. The lowest BCUT2D eigenvalue weighted by atomic mass is 9.85. The highest BCUT2D eigenvalue weighted by atomic mass is 19.1. The molecule has 0 amide bonds. The Morgan fingerprint density at radius 2 is 1.50 bits per heavy atom. The molecule has 38 heavy (non-hydrogen) atoms. The number of fused-ring (bicyclic) bond motifs is 3. The average molecular weight is 501 g/mol. The van der Waals surface area contributed by atoms with Gasteiger partial charge in [0, 0.05) is 28.5 Å². The fourth-order valence-corrected chi connectivity index (χ4v) is 5.29. The number of aryl methyl sites for hydroxylation is 2. The Labute approximate surface area is 223 Å². The van der Waals surface area contributed by atoms with Gasteiger partial charge in [0.1, 0.15) is 24.0 Å². The summed E-state index contributed by atoms with van der Waals surface area (Å²) in [4.78, 5) is 0. The molecule has 4 aromatic carbocycles. The fraction of sp³-hybridized carbons (Fsp3) is 0.171. The summed E-state index contributed by atoms with van der Waals surface area (Å²) in [6.45, 7) is 8.74. The summed E-state index contributed by atoms with van der Waals surface area (Å²) in [7, 11) is 2.02. The van der Waals surface area contributed by atoms with Crippen LogP contribution in [0.4, 0.5) is 4.39 Å². The van der Waals surface area contributed by atoms with Crippen LogP contribution in [0.5, 0.6) is 0 Å². The second-order valence-electron chi connectivity index (χ2n) is 11.2. The van der Waals surface area contributed by atoms with Gasteiger partial charge in [-0.25, -0.2) is 8.96 Å². The van der Waals surface area contributed by atoms with Crippen molar-refractivity contribution >= 4 is 21.9 Å². The van der Waals surface area contributed by atoms with Gasteiger partial charge in [0.15, 0.2) is 6.20 Å².